The van der Waals surface area contributed by atoms with Crippen LogP contribution in [0.15, 0.2) is 18.2 Å². The van der Waals surface area contributed by atoms with Crippen molar-refractivity contribution in [2.45, 2.75) is 25.3 Å². The predicted molar refractivity (Wildman–Crippen MR) is 99.8 cm³/mol. The molecule has 1 aromatic carbocycles. The summed E-state index contributed by atoms with van der Waals surface area (Å²) >= 11 is 0. The molecule has 0 radical (unpaired) electrons. The summed E-state index contributed by atoms with van der Waals surface area (Å²) < 4.78 is 0. The van der Waals surface area contributed by atoms with Crippen LogP contribution in [0.5, 0.6) is 0 Å². The van der Waals surface area contributed by atoms with E-state index in [4.69, 9.17) is 0 Å². The summed E-state index contributed by atoms with van der Waals surface area (Å²) in [5, 5.41) is 5.67. The molecule has 4 amide bonds. The second-order valence-corrected chi connectivity index (χ2v) is 8.09. The van der Waals surface area contributed by atoms with Gasteiger partial charge in [-0.2, -0.15) is 0 Å². The number of benzene rings is 1. The number of rotatable bonds is 2. The summed E-state index contributed by atoms with van der Waals surface area (Å²) in [5.74, 6) is -0.531. The van der Waals surface area contributed by atoms with Crippen LogP contribution in [0, 0.1) is 11.8 Å². The molecule has 1 aromatic rings. The predicted octanol–water partition coefficient (Wildman–Crippen LogP) is 0.134. The zero-order chi connectivity index (χ0) is 19.4. The van der Waals surface area contributed by atoms with E-state index in [9.17, 15) is 19.2 Å². The highest BCUT2D eigenvalue weighted by molar-refractivity contribution is 6.23. The topological polar surface area (TPSA) is 98.8 Å². The second-order valence-electron chi connectivity index (χ2n) is 8.09. The quantitative estimate of drug-likeness (QED) is 0.706. The van der Waals surface area contributed by atoms with E-state index in [0.29, 0.717) is 17.0 Å². The van der Waals surface area contributed by atoms with Crippen molar-refractivity contribution in [3.8, 4) is 0 Å². The Morgan fingerprint density at radius 3 is 2.54 bits per heavy atom. The van der Waals surface area contributed by atoms with Crippen LogP contribution in [0.1, 0.15) is 40.0 Å². The highest BCUT2D eigenvalue weighted by Gasteiger charge is 2.45. The standard InChI is InChI=1S/C20H22N4O4/c25-17-4-3-16(18(26)22-17)24-19(27)14-2-1-13(7-15(14)20(24)28)23-6-5-11-8-21-9-12(11)10-23/h1-2,7,11-12,16,21H,3-6,8-10H2,(H,22,25,26)/t11-,12+,16?/m1/s1. The maximum absolute atomic E-state index is 13.0. The van der Waals surface area contributed by atoms with Gasteiger partial charge in [0.15, 0.2) is 0 Å². The average molecular weight is 382 g/mol. The van der Waals surface area contributed by atoms with Gasteiger partial charge in [0.1, 0.15) is 6.04 Å². The van der Waals surface area contributed by atoms with E-state index in [0.717, 1.165) is 49.1 Å². The fourth-order valence-electron chi connectivity index (χ4n) is 4.93. The van der Waals surface area contributed by atoms with Gasteiger partial charge in [-0.15, -0.1) is 0 Å². The lowest BCUT2D eigenvalue weighted by Gasteiger charge is -2.36. The second kappa shape index (κ2) is 6.41. The number of fused-ring (bicyclic) bond motifs is 2. The Kier molecular flexibility index (Phi) is 3.97. The lowest BCUT2D eigenvalue weighted by molar-refractivity contribution is -0.136. The summed E-state index contributed by atoms with van der Waals surface area (Å²) in [6.45, 7) is 3.97. The van der Waals surface area contributed by atoms with Gasteiger partial charge in [0.05, 0.1) is 11.1 Å². The zero-order valence-corrected chi connectivity index (χ0v) is 15.4. The van der Waals surface area contributed by atoms with Crippen molar-refractivity contribution in [1.82, 2.24) is 15.5 Å². The molecule has 5 rings (SSSR count). The monoisotopic (exact) mass is 382 g/mol. The van der Waals surface area contributed by atoms with Gasteiger partial charge >= 0.3 is 0 Å². The highest BCUT2D eigenvalue weighted by Crippen LogP contribution is 2.34. The zero-order valence-electron chi connectivity index (χ0n) is 15.4. The summed E-state index contributed by atoms with van der Waals surface area (Å²) in [6, 6.07) is 4.44. The fraction of sp³-hybridized carbons (Fsp3) is 0.500. The summed E-state index contributed by atoms with van der Waals surface area (Å²) in [6.07, 6.45) is 1.41. The third-order valence-corrected chi connectivity index (χ3v) is 6.49. The number of piperidine rings is 2. The molecular weight excluding hydrogens is 360 g/mol. The number of nitrogens with zero attached hydrogens (tertiary/aromatic N) is 2. The number of carbonyl (C=O) groups excluding carboxylic acids is 4. The molecule has 2 N–H and O–H groups in total. The van der Waals surface area contributed by atoms with Crippen LogP contribution in [0.4, 0.5) is 5.69 Å². The van der Waals surface area contributed by atoms with Crippen LogP contribution in [-0.4, -0.2) is 60.7 Å². The van der Waals surface area contributed by atoms with E-state index in [1.54, 1.807) is 12.1 Å². The Morgan fingerprint density at radius 1 is 0.929 bits per heavy atom. The van der Waals surface area contributed by atoms with Gasteiger partial charge in [0.2, 0.25) is 11.8 Å². The van der Waals surface area contributed by atoms with Crippen LogP contribution in [0.25, 0.3) is 0 Å². The van der Waals surface area contributed by atoms with Gasteiger partial charge in [-0.25, -0.2) is 0 Å². The maximum Gasteiger partial charge on any atom is 0.262 e. The minimum Gasteiger partial charge on any atom is -0.371 e. The summed E-state index contributed by atoms with van der Waals surface area (Å²) in [7, 11) is 0. The molecule has 4 heterocycles. The Hall–Kier alpha value is -2.74. The number of amides is 4. The SMILES string of the molecule is O=C1CCC(N2C(=O)c3ccc(N4CC[C@@H]5CNC[C@H]5C4)cc3C2=O)C(=O)N1. The molecule has 3 atom stereocenters. The maximum atomic E-state index is 13.0. The van der Waals surface area contributed by atoms with Crippen molar-refractivity contribution in [2.24, 2.45) is 11.8 Å². The lowest BCUT2D eigenvalue weighted by Crippen LogP contribution is -2.54. The Balaban J connectivity index is 1.40. The molecule has 1 unspecified atom stereocenters. The molecule has 0 aliphatic carbocycles. The van der Waals surface area contributed by atoms with Crippen molar-refractivity contribution in [1.29, 1.82) is 0 Å². The number of hydrogen-bond donors (Lipinski definition) is 2. The number of imide groups is 2. The first-order valence-electron chi connectivity index (χ1n) is 9.84. The molecule has 0 bridgehead atoms. The third kappa shape index (κ3) is 2.63. The smallest absolute Gasteiger partial charge is 0.262 e. The fourth-order valence-corrected chi connectivity index (χ4v) is 4.93. The molecule has 4 aliphatic heterocycles. The normalized spacial score (nSPS) is 29.8. The van der Waals surface area contributed by atoms with E-state index >= 15 is 0 Å². The van der Waals surface area contributed by atoms with Crippen LogP contribution < -0.4 is 15.5 Å². The van der Waals surface area contributed by atoms with E-state index in [-0.39, 0.29) is 18.7 Å². The molecule has 146 valence electrons. The molecule has 4 aliphatic rings. The first kappa shape index (κ1) is 17.4. The van der Waals surface area contributed by atoms with E-state index < -0.39 is 23.8 Å². The van der Waals surface area contributed by atoms with Gasteiger partial charge in [0, 0.05) is 25.2 Å². The Morgan fingerprint density at radius 2 is 1.71 bits per heavy atom. The van der Waals surface area contributed by atoms with Crippen LogP contribution in [-0.2, 0) is 9.59 Å². The van der Waals surface area contributed by atoms with Crippen LogP contribution in [0.2, 0.25) is 0 Å². The highest BCUT2D eigenvalue weighted by atomic mass is 16.2. The first-order valence-corrected chi connectivity index (χ1v) is 9.84. The van der Waals surface area contributed by atoms with E-state index in [1.807, 2.05) is 6.07 Å². The summed E-state index contributed by atoms with van der Waals surface area (Å²) in [5.41, 5.74) is 1.62. The van der Waals surface area contributed by atoms with Crippen molar-refractivity contribution in [3.63, 3.8) is 0 Å². The molecule has 0 saturated carbocycles. The van der Waals surface area contributed by atoms with E-state index in [2.05, 4.69) is 15.5 Å². The lowest BCUT2D eigenvalue weighted by atomic mass is 9.88. The number of nitrogens with one attached hydrogen (secondary N) is 2. The molecule has 0 aromatic heterocycles. The molecule has 28 heavy (non-hydrogen) atoms. The molecule has 3 fully saturated rings. The van der Waals surface area contributed by atoms with Gasteiger partial charge in [0.25, 0.3) is 11.8 Å². The minimum absolute atomic E-state index is 0.124. The molecule has 0 spiro atoms. The molecule has 8 nitrogen and oxygen atoms in total. The Labute approximate surface area is 162 Å². The third-order valence-electron chi connectivity index (χ3n) is 6.49. The van der Waals surface area contributed by atoms with Gasteiger partial charge < -0.3 is 10.2 Å². The first-order chi connectivity index (χ1) is 13.5. The number of hydrogen-bond acceptors (Lipinski definition) is 6. The van der Waals surface area contributed by atoms with Crippen LogP contribution >= 0.6 is 0 Å². The minimum atomic E-state index is -0.922. The van der Waals surface area contributed by atoms with Crippen LogP contribution in [0.3, 0.4) is 0 Å². The van der Waals surface area contributed by atoms with Crippen molar-refractivity contribution < 1.29 is 19.2 Å². The van der Waals surface area contributed by atoms with Gasteiger partial charge in [-0.3, -0.25) is 29.4 Å². The molecule has 8 heteroatoms. The van der Waals surface area contributed by atoms with Gasteiger partial charge in [-0.05, 0) is 56.0 Å². The number of anilines is 1. The largest absolute Gasteiger partial charge is 0.371 e. The number of carbonyl (C=O) groups is 4. The summed E-state index contributed by atoms with van der Waals surface area (Å²) in [4.78, 5) is 52.6. The van der Waals surface area contributed by atoms with Gasteiger partial charge in [-0.1, -0.05) is 0 Å². The Bertz CT molecular complexity index is 898. The molecular formula is C20H22N4O4. The van der Waals surface area contributed by atoms with E-state index in [1.165, 1.54) is 0 Å². The van der Waals surface area contributed by atoms with Crippen molar-refractivity contribution in [3.05, 3.63) is 29.3 Å². The van der Waals surface area contributed by atoms with Crippen molar-refractivity contribution in [2.75, 3.05) is 31.1 Å². The average Bonchev–Trinajstić information content (AvgIpc) is 3.25. The molecule has 3 saturated heterocycles. The van der Waals surface area contributed by atoms with Crippen molar-refractivity contribution >= 4 is 29.3 Å².